The van der Waals surface area contributed by atoms with Crippen molar-refractivity contribution in [2.24, 2.45) is 16.8 Å². The summed E-state index contributed by atoms with van der Waals surface area (Å²) < 4.78 is 19.2. The summed E-state index contributed by atoms with van der Waals surface area (Å²) in [4.78, 5) is 3.96. The molecule has 0 bridgehead atoms. The molecule has 24 heavy (non-hydrogen) atoms. The highest BCUT2D eigenvalue weighted by molar-refractivity contribution is 9.10. The average molecular weight is 397 g/mol. The Kier molecular flexibility index (Phi) is 6.01. The van der Waals surface area contributed by atoms with E-state index in [1.165, 1.54) is 19.8 Å². The topological polar surface area (TPSA) is 76.9 Å². The zero-order valence-corrected chi connectivity index (χ0v) is 15.4. The van der Waals surface area contributed by atoms with E-state index in [1.54, 1.807) is 24.1 Å². The molecule has 0 saturated heterocycles. The summed E-state index contributed by atoms with van der Waals surface area (Å²) in [5.41, 5.74) is 7.95. The number of anilines is 2. The highest BCUT2D eigenvalue weighted by Gasteiger charge is 2.25. The van der Waals surface area contributed by atoms with Crippen LogP contribution in [0.25, 0.3) is 0 Å². The fourth-order valence-corrected chi connectivity index (χ4v) is 2.46. The molecule has 0 heterocycles. The van der Waals surface area contributed by atoms with Gasteiger partial charge in [0.1, 0.15) is 11.6 Å². The molecule has 0 aliphatic heterocycles. The quantitative estimate of drug-likeness (QED) is 0.247. The highest BCUT2D eigenvalue weighted by Crippen LogP contribution is 2.39. The van der Waals surface area contributed by atoms with Gasteiger partial charge in [0.15, 0.2) is 0 Å². The summed E-state index contributed by atoms with van der Waals surface area (Å²) in [6.45, 7) is 7.59. The Bertz CT molecular complexity index is 694. The van der Waals surface area contributed by atoms with E-state index < -0.39 is 5.83 Å². The van der Waals surface area contributed by atoms with Gasteiger partial charge in [0.2, 0.25) is 5.90 Å². The van der Waals surface area contributed by atoms with Gasteiger partial charge in [0.05, 0.1) is 22.0 Å². The van der Waals surface area contributed by atoms with E-state index in [-0.39, 0.29) is 5.90 Å². The number of rotatable bonds is 6. The fourth-order valence-electron chi connectivity index (χ4n) is 2.04. The molecule has 5 nitrogen and oxygen atoms in total. The molecule has 1 aliphatic rings. The largest absolute Gasteiger partial charge is 0.438 e. The van der Waals surface area contributed by atoms with E-state index in [9.17, 15) is 4.39 Å². The van der Waals surface area contributed by atoms with Crippen LogP contribution in [-0.4, -0.2) is 12.4 Å². The zero-order valence-electron chi connectivity index (χ0n) is 13.9. The van der Waals surface area contributed by atoms with E-state index in [0.29, 0.717) is 27.4 Å². The lowest BCUT2D eigenvalue weighted by molar-refractivity contribution is 0.546. The minimum Gasteiger partial charge on any atom is -0.438 e. The van der Waals surface area contributed by atoms with Crippen LogP contribution in [0.15, 0.2) is 45.8 Å². The van der Waals surface area contributed by atoms with Gasteiger partial charge in [-0.3, -0.25) is 0 Å². The number of allylic oxidation sites excluding steroid dienone is 1. The van der Waals surface area contributed by atoms with Crippen LogP contribution in [0.2, 0.25) is 0 Å². The number of nitrogens with zero attached hydrogens (tertiary/aromatic N) is 2. The average Bonchev–Trinajstić information content (AvgIpc) is 3.30. The lowest BCUT2D eigenvalue weighted by atomic mass is 10.2. The van der Waals surface area contributed by atoms with E-state index in [0.717, 1.165) is 18.4 Å². The van der Waals surface area contributed by atoms with Crippen molar-refractivity contribution in [3.05, 3.63) is 40.8 Å². The van der Waals surface area contributed by atoms with Crippen LogP contribution < -0.4 is 21.3 Å². The second-order valence-electron chi connectivity index (χ2n) is 5.94. The third-order valence-electron chi connectivity index (χ3n) is 3.51. The maximum atomic E-state index is 12.9. The van der Waals surface area contributed by atoms with Gasteiger partial charge in [0.25, 0.3) is 0 Å². The number of nitrogens with two attached hydrogens (primary N) is 2. The van der Waals surface area contributed by atoms with E-state index in [1.807, 2.05) is 0 Å². The SMILES string of the molecule is C=C(C)C(=N/C=C(\C)F)Oc1ccc(N(N)CC2CC2)c(N)c1Br. The summed E-state index contributed by atoms with van der Waals surface area (Å²) in [5.74, 6) is 6.98. The molecule has 7 heteroatoms. The molecule has 1 aliphatic carbocycles. The number of hydrogen-bond donors (Lipinski definition) is 2. The van der Waals surface area contributed by atoms with Crippen molar-refractivity contribution in [3.8, 4) is 5.75 Å². The Labute approximate surface area is 150 Å². The molecule has 1 fully saturated rings. The number of halogens is 2. The minimum absolute atomic E-state index is 0.211. The van der Waals surface area contributed by atoms with Gasteiger partial charge in [-0.15, -0.1) is 0 Å². The third-order valence-corrected chi connectivity index (χ3v) is 4.33. The number of hydrogen-bond acceptors (Lipinski definition) is 5. The molecule has 0 amide bonds. The Hall–Kier alpha value is -1.86. The Morgan fingerprint density at radius 3 is 2.71 bits per heavy atom. The molecule has 130 valence electrons. The second-order valence-corrected chi connectivity index (χ2v) is 6.73. The van der Waals surface area contributed by atoms with E-state index >= 15 is 0 Å². The first-order valence-electron chi connectivity index (χ1n) is 7.63. The van der Waals surface area contributed by atoms with Crippen LogP contribution in [0.1, 0.15) is 26.7 Å². The Morgan fingerprint density at radius 2 is 2.17 bits per heavy atom. The molecular formula is C17H22BrFN4O. The highest BCUT2D eigenvalue weighted by atomic mass is 79.9. The predicted molar refractivity (Wildman–Crippen MR) is 101 cm³/mol. The van der Waals surface area contributed by atoms with Crippen LogP contribution in [0.3, 0.4) is 0 Å². The molecule has 2 rings (SSSR count). The summed E-state index contributed by atoms with van der Waals surface area (Å²) in [5, 5.41) is 1.66. The van der Waals surface area contributed by atoms with Gasteiger partial charge in [-0.1, -0.05) is 6.58 Å². The molecule has 0 aromatic heterocycles. The summed E-state index contributed by atoms with van der Waals surface area (Å²) in [6.07, 6.45) is 3.48. The summed E-state index contributed by atoms with van der Waals surface area (Å²) >= 11 is 3.43. The first kappa shape index (κ1) is 18.5. The first-order chi connectivity index (χ1) is 11.3. The van der Waals surface area contributed by atoms with E-state index in [2.05, 4.69) is 27.5 Å². The molecule has 1 aromatic rings. The molecule has 0 unspecified atom stereocenters. The summed E-state index contributed by atoms with van der Waals surface area (Å²) in [7, 11) is 0. The van der Waals surface area contributed by atoms with Gasteiger partial charge < -0.3 is 15.5 Å². The van der Waals surface area contributed by atoms with Gasteiger partial charge >= 0.3 is 0 Å². The third kappa shape index (κ3) is 4.82. The smallest absolute Gasteiger partial charge is 0.221 e. The van der Waals surface area contributed by atoms with Gasteiger partial charge in [-0.2, -0.15) is 0 Å². The van der Waals surface area contributed by atoms with Crippen molar-refractivity contribution < 1.29 is 9.13 Å². The predicted octanol–water partition coefficient (Wildman–Crippen LogP) is 4.31. The molecule has 4 N–H and O–H groups in total. The van der Waals surface area contributed by atoms with Gasteiger partial charge in [-0.05, 0) is 60.7 Å². The van der Waals surface area contributed by atoms with Crippen molar-refractivity contribution >= 4 is 33.2 Å². The number of hydrazine groups is 1. The van der Waals surface area contributed by atoms with Crippen molar-refractivity contribution in [3.63, 3.8) is 0 Å². The van der Waals surface area contributed by atoms with Crippen LogP contribution in [0.4, 0.5) is 15.8 Å². The van der Waals surface area contributed by atoms with Gasteiger partial charge in [0, 0.05) is 12.1 Å². The normalized spacial score (nSPS) is 15.4. The van der Waals surface area contributed by atoms with Crippen molar-refractivity contribution in [1.29, 1.82) is 0 Å². The second kappa shape index (κ2) is 7.81. The van der Waals surface area contributed by atoms with Crippen molar-refractivity contribution in [1.82, 2.24) is 0 Å². The monoisotopic (exact) mass is 396 g/mol. The Morgan fingerprint density at radius 1 is 1.50 bits per heavy atom. The number of aliphatic imine (C=N–C) groups is 1. The zero-order chi connectivity index (χ0) is 17.9. The van der Waals surface area contributed by atoms with Crippen LogP contribution >= 0.6 is 15.9 Å². The molecular weight excluding hydrogens is 375 g/mol. The number of benzene rings is 1. The van der Waals surface area contributed by atoms with E-state index in [4.69, 9.17) is 16.3 Å². The fraction of sp³-hybridized carbons (Fsp3) is 0.353. The minimum atomic E-state index is -0.426. The van der Waals surface area contributed by atoms with Crippen LogP contribution in [-0.2, 0) is 0 Å². The molecule has 0 radical (unpaired) electrons. The lowest BCUT2D eigenvalue weighted by Crippen LogP contribution is -2.33. The first-order valence-corrected chi connectivity index (χ1v) is 8.43. The molecule has 1 saturated carbocycles. The molecule has 0 atom stereocenters. The number of ether oxygens (including phenoxy) is 1. The maximum Gasteiger partial charge on any atom is 0.221 e. The van der Waals surface area contributed by atoms with Crippen molar-refractivity contribution in [2.45, 2.75) is 26.7 Å². The van der Waals surface area contributed by atoms with Crippen molar-refractivity contribution in [2.75, 3.05) is 17.3 Å². The number of nitrogen functional groups attached to an aromatic ring is 1. The van der Waals surface area contributed by atoms with Gasteiger partial charge in [-0.25, -0.2) is 15.2 Å². The maximum absolute atomic E-state index is 12.9. The molecule has 0 spiro atoms. The van der Waals surface area contributed by atoms with Crippen LogP contribution in [0, 0.1) is 5.92 Å². The Balaban J connectivity index is 2.24. The lowest BCUT2D eigenvalue weighted by Gasteiger charge is -2.22. The standard InChI is InChI=1S/C17H22BrFN4O/c1-10(2)17(22-8-11(3)19)24-14-7-6-13(16(20)15(14)18)23(21)9-12-4-5-12/h6-8,12H,1,4-5,9,20-21H2,2-3H3/b11-8+,22-17?. The molecule has 1 aromatic carbocycles. The van der Waals surface area contributed by atoms with Crippen LogP contribution in [0.5, 0.6) is 5.75 Å². The summed E-state index contributed by atoms with van der Waals surface area (Å²) in [6, 6.07) is 3.54.